The van der Waals surface area contributed by atoms with Crippen LogP contribution in [-0.4, -0.2) is 66.3 Å². The molecule has 2 heterocycles. The van der Waals surface area contributed by atoms with Crippen LogP contribution in [0.3, 0.4) is 0 Å². The van der Waals surface area contributed by atoms with Crippen LogP contribution in [0.25, 0.3) is 5.57 Å². The van der Waals surface area contributed by atoms with Gasteiger partial charge in [0.15, 0.2) is 0 Å². The first-order chi connectivity index (χ1) is 14.4. The van der Waals surface area contributed by atoms with E-state index in [0.717, 1.165) is 11.1 Å². The molecule has 0 bridgehead atoms. The van der Waals surface area contributed by atoms with E-state index in [4.69, 9.17) is 18.8 Å². The zero-order chi connectivity index (χ0) is 22.9. The quantitative estimate of drug-likeness (QED) is 0.433. The molecule has 31 heavy (non-hydrogen) atoms. The molecule has 2 aliphatic rings. The molecule has 1 amide bonds. The molecule has 1 aromatic carbocycles. The Bertz CT molecular complexity index is 1000. The third kappa shape index (κ3) is 5.61. The molecule has 5 atom stereocenters. The van der Waals surface area contributed by atoms with Crippen LogP contribution in [-0.2, 0) is 24.1 Å². The summed E-state index contributed by atoms with van der Waals surface area (Å²) < 4.78 is 51.7. The molecule has 3 rings (SSSR count). The minimum absolute atomic E-state index is 0.250. The summed E-state index contributed by atoms with van der Waals surface area (Å²) in [4.78, 5) is 11.6. The predicted molar refractivity (Wildman–Crippen MR) is 106 cm³/mol. The number of amides is 1. The van der Waals surface area contributed by atoms with Crippen molar-refractivity contribution in [3.63, 3.8) is 0 Å². The highest BCUT2D eigenvalue weighted by molar-refractivity contribution is 7.80. The van der Waals surface area contributed by atoms with Gasteiger partial charge < -0.3 is 29.7 Å². The largest absolute Gasteiger partial charge is 0.462 e. The van der Waals surface area contributed by atoms with E-state index in [-0.39, 0.29) is 5.75 Å². The number of aliphatic hydroxyl groups is 2. The molecule has 4 unspecified atom stereocenters. The van der Waals surface area contributed by atoms with Gasteiger partial charge in [-0.05, 0) is 30.7 Å². The second kappa shape index (κ2) is 8.94. The standard InChI is InChI=1S/C19H23NO10S/c1-9-6-10(2)28-14-7-12(4-5-13(9)14)29-19-16(20-11(3)21)18(23)17(22)15(30-19)8-27-31(24,25)26/h4-7,15-19,22-23H,2,8H2,1,3H3,(H,20,21)(H,24,25,26)/t15?,16-,17?,18?,19?/m0/s1. The van der Waals surface area contributed by atoms with Crippen molar-refractivity contribution < 1.29 is 46.4 Å². The molecule has 0 radical (unpaired) electrons. The van der Waals surface area contributed by atoms with Crippen molar-refractivity contribution in [2.75, 3.05) is 6.61 Å². The number of hydrogen-bond donors (Lipinski definition) is 4. The Morgan fingerprint density at radius 3 is 2.65 bits per heavy atom. The normalized spacial score (nSPS) is 28.2. The molecule has 12 heteroatoms. The Morgan fingerprint density at radius 2 is 2.00 bits per heavy atom. The van der Waals surface area contributed by atoms with Gasteiger partial charge >= 0.3 is 10.4 Å². The highest BCUT2D eigenvalue weighted by Gasteiger charge is 2.46. The maximum atomic E-state index is 11.6. The molecule has 11 nitrogen and oxygen atoms in total. The van der Waals surface area contributed by atoms with Crippen molar-refractivity contribution in [1.82, 2.24) is 5.32 Å². The third-order valence-electron chi connectivity index (χ3n) is 4.70. The molecule has 0 aromatic heterocycles. The zero-order valence-corrected chi connectivity index (χ0v) is 17.5. The van der Waals surface area contributed by atoms with Crippen molar-refractivity contribution in [2.45, 2.75) is 44.5 Å². The van der Waals surface area contributed by atoms with Crippen LogP contribution in [0.4, 0.5) is 0 Å². The lowest BCUT2D eigenvalue weighted by Crippen LogP contribution is -2.65. The summed E-state index contributed by atoms with van der Waals surface area (Å²) in [6.45, 7) is 6.07. The van der Waals surface area contributed by atoms with Gasteiger partial charge in [0.1, 0.15) is 41.6 Å². The van der Waals surface area contributed by atoms with E-state index in [1.807, 2.05) is 6.92 Å². The molecule has 0 spiro atoms. The van der Waals surface area contributed by atoms with Crippen molar-refractivity contribution >= 4 is 21.9 Å². The number of benzene rings is 1. The number of ether oxygens (including phenoxy) is 3. The van der Waals surface area contributed by atoms with Gasteiger partial charge in [0.2, 0.25) is 12.2 Å². The molecule has 0 saturated carbocycles. The summed E-state index contributed by atoms with van der Waals surface area (Å²) in [5.74, 6) is 0.640. The summed E-state index contributed by atoms with van der Waals surface area (Å²) in [7, 11) is -4.81. The molecular formula is C19H23NO10S. The van der Waals surface area contributed by atoms with E-state index in [2.05, 4.69) is 16.1 Å². The molecule has 0 aliphatic carbocycles. The number of hydrogen-bond acceptors (Lipinski definition) is 9. The number of nitrogens with one attached hydrogen (secondary N) is 1. The summed E-state index contributed by atoms with van der Waals surface area (Å²) >= 11 is 0. The van der Waals surface area contributed by atoms with E-state index in [1.165, 1.54) is 6.92 Å². The van der Waals surface area contributed by atoms with Crippen LogP contribution in [0.15, 0.2) is 36.6 Å². The van der Waals surface area contributed by atoms with Crippen molar-refractivity contribution in [2.24, 2.45) is 0 Å². The van der Waals surface area contributed by atoms with Crippen LogP contribution in [0.2, 0.25) is 0 Å². The maximum absolute atomic E-state index is 11.6. The Morgan fingerprint density at radius 1 is 1.29 bits per heavy atom. The minimum atomic E-state index is -4.81. The molecule has 1 aromatic rings. The molecule has 170 valence electrons. The highest BCUT2D eigenvalue weighted by atomic mass is 32.3. The van der Waals surface area contributed by atoms with Gasteiger partial charge in [0.25, 0.3) is 0 Å². The first-order valence-corrected chi connectivity index (χ1v) is 10.6. The van der Waals surface area contributed by atoms with Crippen molar-refractivity contribution in [1.29, 1.82) is 0 Å². The number of carbonyl (C=O) groups is 1. The van der Waals surface area contributed by atoms with Crippen LogP contribution in [0.1, 0.15) is 19.4 Å². The number of aliphatic hydroxyl groups excluding tert-OH is 2. The first-order valence-electron chi connectivity index (χ1n) is 9.21. The van der Waals surface area contributed by atoms with Gasteiger partial charge in [0, 0.05) is 18.6 Å². The minimum Gasteiger partial charge on any atom is -0.462 e. The number of allylic oxidation sites excluding steroid dienone is 2. The smallest absolute Gasteiger partial charge is 0.397 e. The second-order valence-electron chi connectivity index (χ2n) is 7.13. The summed E-state index contributed by atoms with van der Waals surface area (Å²) in [6, 6.07) is 3.72. The highest BCUT2D eigenvalue weighted by Crippen LogP contribution is 2.36. The Balaban J connectivity index is 1.84. The Labute approximate surface area is 178 Å². The SMILES string of the molecule is C=C1C=C(C)c2ccc(OC3OC(COS(=O)(=O)O)C(O)C(O)[C@@H]3NC(C)=O)cc2O1. The average molecular weight is 457 g/mol. The van der Waals surface area contributed by atoms with Crippen molar-refractivity contribution in [3.05, 3.63) is 42.2 Å². The van der Waals surface area contributed by atoms with E-state index in [0.29, 0.717) is 11.5 Å². The van der Waals surface area contributed by atoms with Gasteiger partial charge in [0.05, 0.1) is 6.61 Å². The Hall–Kier alpha value is -2.48. The lowest BCUT2D eigenvalue weighted by Gasteiger charge is -2.42. The monoisotopic (exact) mass is 457 g/mol. The molecule has 1 saturated heterocycles. The second-order valence-corrected chi connectivity index (χ2v) is 8.23. The van der Waals surface area contributed by atoms with Crippen molar-refractivity contribution in [3.8, 4) is 11.5 Å². The Kier molecular flexibility index (Phi) is 6.69. The maximum Gasteiger partial charge on any atom is 0.397 e. The topological polar surface area (TPSA) is 161 Å². The molecule has 2 aliphatic heterocycles. The summed E-state index contributed by atoms with van der Waals surface area (Å²) in [6.07, 6.45) is -4.17. The van der Waals surface area contributed by atoms with Crippen LogP contribution >= 0.6 is 0 Å². The van der Waals surface area contributed by atoms with E-state index < -0.39 is 53.6 Å². The number of rotatable bonds is 6. The lowest BCUT2D eigenvalue weighted by atomic mass is 9.97. The summed E-state index contributed by atoms with van der Waals surface area (Å²) in [5.41, 5.74) is 1.75. The summed E-state index contributed by atoms with van der Waals surface area (Å²) in [5, 5.41) is 23.1. The van der Waals surface area contributed by atoms with Gasteiger partial charge in [-0.3, -0.25) is 9.35 Å². The van der Waals surface area contributed by atoms with Gasteiger partial charge in [-0.25, -0.2) is 4.18 Å². The lowest BCUT2D eigenvalue weighted by molar-refractivity contribution is -0.242. The van der Waals surface area contributed by atoms with Crippen LogP contribution < -0.4 is 14.8 Å². The fraction of sp³-hybridized carbons (Fsp3) is 0.421. The van der Waals surface area contributed by atoms with E-state index >= 15 is 0 Å². The zero-order valence-electron chi connectivity index (χ0n) is 16.7. The average Bonchev–Trinajstić information content (AvgIpc) is 2.65. The van der Waals surface area contributed by atoms with Crippen LogP contribution in [0.5, 0.6) is 11.5 Å². The molecule has 1 fully saturated rings. The van der Waals surface area contributed by atoms with E-state index in [9.17, 15) is 23.4 Å². The van der Waals surface area contributed by atoms with Crippen LogP contribution in [0, 0.1) is 0 Å². The fourth-order valence-electron chi connectivity index (χ4n) is 3.32. The fourth-order valence-corrected chi connectivity index (χ4v) is 3.63. The molecular weight excluding hydrogens is 434 g/mol. The van der Waals surface area contributed by atoms with Gasteiger partial charge in [-0.15, -0.1) is 0 Å². The first kappa shape index (κ1) is 23.2. The number of fused-ring (bicyclic) bond motifs is 1. The van der Waals surface area contributed by atoms with E-state index in [1.54, 1.807) is 24.3 Å². The van der Waals surface area contributed by atoms with Gasteiger partial charge in [-0.2, -0.15) is 8.42 Å². The number of carbonyl (C=O) groups excluding carboxylic acids is 1. The van der Waals surface area contributed by atoms with Gasteiger partial charge in [-0.1, -0.05) is 6.58 Å². The molecule has 4 N–H and O–H groups in total. The predicted octanol–water partition coefficient (Wildman–Crippen LogP) is 0.146. The third-order valence-corrected chi connectivity index (χ3v) is 5.13.